The van der Waals surface area contributed by atoms with Gasteiger partial charge in [0.25, 0.3) is 11.8 Å². The summed E-state index contributed by atoms with van der Waals surface area (Å²) in [6, 6.07) is 23.1. The third-order valence-corrected chi connectivity index (χ3v) is 6.51. The molecular weight excluding hydrogens is 426 g/mol. The molecule has 0 bridgehead atoms. The largest absolute Gasteiger partial charge is 0.497 e. The Morgan fingerprint density at radius 2 is 1.68 bits per heavy atom. The topological polar surface area (TPSA) is 65.6 Å². The molecule has 1 N–H and O–H groups in total. The first kappa shape index (κ1) is 21.8. The molecule has 0 radical (unpaired) electrons. The number of aromatic nitrogens is 1. The van der Waals surface area contributed by atoms with Crippen LogP contribution in [0.1, 0.15) is 27.6 Å². The smallest absolute Gasteiger partial charge is 0.254 e. The molecule has 4 aromatic rings. The number of rotatable bonds is 4. The van der Waals surface area contributed by atoms with Crippen molar-refractivity contribution >= 4 is 22.7 Å². The molecule has 3 aromatic carbocycles. The number of benzene rings is 3. The lowest BCUT2D eigenvalue weighted by molar-refractivity contribution is 0.0414. The molecule has 0 saturated carbocycles. The first-order valence-electron chi connectivity index (χ1n) is 11.5. The number of hydrogen-bond donors (Lipinski definition) is 1. The molecule has 6 nitrogen and oxygen atoms in total. The van der Waals surface area contributed by atoms with E-state index in [0.29, 0.717) is 30.8 Å². The van der Waals surface area contributed by atoms with Crippen molar-refractivity contribution in [1.82, 2.24) is 14.8 Å². The van der Waals surface area contributed by atoms with E-state index in [4.69, 9.17) is 4.74 Å². The third-order valence-electron chi connectivity index (χ3n) is 6.51. The van der Waals surface area contributed by atoms with Crippen LogP contribution in [0.4, 0.5) is 0 Å². The predicted molar refractivity (Wildman–Crippen MR) is 133 cm³/mol. The Morgan fingerprint density at radius 3 is 2.44 bits per heavy atom. The highest BCUT2D eigenvalue weighted by molar-refractivity contribution is 5.98. The summed E-state index contributed by atoms with van der Waals surface area (Å²) in [5.41, 5.74) is 4.32. The fourth-order valence-corrected chi connectivity index (χ4v) is 4.58. The van der Waals surface area contributed by atoms with Crippen LogP contribution in [0.2, 0.25) is 0 Å². The summed E-state index contributed by atoms with van der Waals surface area (Å²) in [5, 5.41) is 1.08. The van der Waals surface area contributed by atoms with Gasteiger partial charge in [0.2, 0.25) is 0 Å². The minimum Gasteiger partial charge on any atom is -0.497 e. The molecule has 2 heterocycles. The Hall–Kier alpha value is -4.06. The highest BCUT2D eigenvalue weighted by atomic mass is 16.5. The van der Waals surface area contributed by atoms with E-state index in [-0.39, 0.29) is 17.9 Å². The second-order valence-corrected chi connectivity index (χ2v) is 8.69. The molecule has 1 aliphatic heterocycles. The lowest BCUT2D eigenvalue weighted by atomic mass is 10.0. The van der Waals surface area contributed by atoms with Crippen LogP contribution in [0.15, 0.2) is 79.0 Å². The molecule has 6 heteroatoms. The second kappa shape index (κ2) is 9.06. The lowest BCUT2D eigenvalue weighted by Gasteiger charge is -2.40. The second-order valence-electron chi connectivity index (χ2n) is 8.69. The fourth-order valence-electron chi connectivity index (χ4n) is 4.58. The summed E-state index contributed by atoms with van der Waals surface area (Å²) in [6.45, 7) is 3.53. The van der Waals surface area contributed by atoms with E-state index in [1.54, 1.807) is 7.11 Å². The van der Waals surface area contributed by atoms with E-state index in [0.717, 1.165) is 27.8 Å². The molecule has 1 atom stereocenters. The van der Waals surface area contributed by atoms with Gasteiger partial charge in [0.15, 0.2) is 0 Å². The van der Waals surface area contributed by atoms with Gasteiger partial charge in [-0.15, -0.1) is 0 Å². The quantitative estimate of drug-likeness (QED) is 0.481. The molecule has 0 spiro atoms. The summed E-state index contributed by atoms with van der Waals surface area (Å²) >= 11 is 0. The number of fused-ring (bicyclic) bond motifs is 1. The van der Waals surface area contributed by atoms with Gasteiger partial charge in [-0.3, -0.25) is 9.59 Å². The maximum Gasteiger partial charge on any atom is 0.254 e. The van der Waals surface area contributed by atoms with E-state index < -0.39 is 0 Å². The van der Waals surface area contributed by atoms with E-state index in [1.165, 1.54) is 0 Å². The number of amides is 2. The van der Waals surface area contributed by atoms with Gasteiger partial charge in [-0.2, -0.15) is 0 Å². The Kier molecular flexibility index (Phi) is 5.80. The first-order valence-corrected chi connectivity index (χ1v) is 11.5. The minimum absolute atomic E-state index is 0.00177. The standard InChI is InChI=1S/C28H27N3O3/c1-19-18-30(27(32)24-11-8-21-12-13-29-26(21)17-24)14-15-31(19)28(33)22-9-6-20(7-10-22)23-4-3-5-25(16-23)34-2/h3-13,16-17,19,29H,14-15,18H2,1-2H3/t19-/m1/s1. The van der Waals surface area contributed by atoms with Crippen molar-refractivity contribution in [2.45, 2.75) is 13.0 Å². The van der Waals surface area contributed by atoms with Crippen LogP contribution in [0.25, 0.3) is 22.0 Å². The summed E-state index contributed by atoms with van der Waals surface area (Å²) in [7, 11) is 1.65. The number of carbonyl (C=O) groups is 2. The number of aromatic amines is 1. The molecule has 0 unspecified atom stereocenters. The highest BCUT2D eigenvalue weighted by Crippen LogP contribution is 2.25. The van der Waals surface area contributed by atoms with Crippen molar-refractivity contribution in [3.05, 3.63) is 90.1 Å². The molecule has 1 aromatic heterocycles. The molecule has 2 amide bonds. The summed E-state index contributed by atoms with van der Waals surface area (Å²) < 4.78 is 5.31. The lowest BCUT2D eigenvalue weighted by Crippen LogP contribution is -2.55. The van der Waals surface area contributed by atoms with E-state index >= 15 is 0 Å². The number of nitrogens with zero attached hydrogens (tertiary/aromatic N) is 2. The number of H-pyrrole nitrogens is 1. The molecule has 1 fully saturated rings. The normalized spacial score (nSPS) is 16.0. The minimum atomic E-state index is -0.0718. The van der Waals surface area contributed by atoms with Gasteiger partial charge in [-0.05, 0) is 65.9 Å². The molecule has 172 valence electrons. The maximum atomic E-state index is 13.2. The predicted octanol–water partition coefficient (Wildman–Crippen LogP) is 4.83. The van der Waals surface area contributed by atoms with Crippen molar-refractivity contribution in [1.29, 1.82) is 0 Å². The van der Waals surface area contributed by atoms with E-state index in [9.17, 15) is 9.59 Å². The zero-order chi connectivity index (χ0) is 23.7. The zero-order valence-corrected chi connectivity index (χ0v) is 19.3. The van der Waals surface area contributed by atoms with Crippen molar-refractivity contribution in [2.24, 2.45) is 0 Å². The van der Waals surface area contributed by atoms with Crippen LogP contribution in [0, 0.1) is 0 Å². The molecule has 0 aliphatic carbocycles. The maximum absolute atomic E-state index is 13.2. The summed E-state index contributed by atoms with van der Waals surface area (Å²) in [6.07, 6.45) is 1.87. The molecular formula is C28H27N3O3. The van der Waals surface area contributed by atoms with Gasteiger partial charge in [0, 0.05) is 48.5 Å². The Labute approximate surface area is 198 Å². The van der Waals surface area contributed by atoms with Gasteiger partial charge >= 0.3 is 0 Å². The van der Waals surface area contributed by atoms with Crippen LogP contribution in [0.3, 0.4) is 0 Å². The third kappa shape index (κ3) is 4.15. The van der Waals surface area contributed by atoms with Gasteiger partial charge in [-0.1, -0.05) is 30.3 Å². The van der Waals surface area contributed by atoms with Crippen molar-refractivity contribution < 1.29 is 14.3 Å². The number of ether oxygens (including phenoxy) is 1. The van der Waals surface area contributed by atoms with Crippen LogP contribution < -0.4 is 4.74 Å². The van der Waals surface area contributed by atoms with Crippen molar-refractivity contribution in [3.8, 4) is 16.9 Å². The molecule has 1 saturated heterocycles. The summed E-state index contributed by atoms with van der Waals surface area (Å²) in [4.78, 5) is 33.1. The van der Waals surface area contributed by atoms with Gasteiger partial charge in [0.1, 0.15) is 5.75 Å². The average molecular weight is 454 g/mol. The number of carbonyl (C=O) groups excluding carboxylic acids is 2. The number of piperazine rings is 1. The first-order chi connectivity index (χ1) is 16.5. The van der Waals surface area contributed by atoms with Gasteiger partial charge in [-0.25, -0.2) is 0 Å². The van der Waals surface area contributed by atoms with Crippen molar-refractivity contribution in [2.75, 3.05) is 26.7 Å². The molecule has 5 rings (SSSR count). The Bertz CT molecular complexity index is 1340. The highest BCUT2D eigenvalue weighted by Gasteiger charge is 2.30. The van der Waals surface area contributed by atoms with Gasteiger partial charge in [0.05, 0.1) is 7.11 Å². The monoisotopic (exact) mass is 453 g/mol. The Balaban J connectivity index is 1.26. The van der Waals surface area contributed by atoms with E-state index in [1.807, 2.05) is 95.7 Å². The van der Waals surface area contributed by atoms with Crippen molar-refractivity contribution in [3.63, 3.8) is 0 Å². The van der Waals surface area contributed by atoms with Gasteiger partial charge < -0.3 is 19.5 Å². The molecule has 1 aliphatic rings. The van der Waals surface area contributed by atoms with Crippen LogP contribution in [-0.4, -0.2) is 59.4 Å². The number of nitrogens with one attached hydrogen (secondary N) is 1. The summed E-state index contributed by atoms with van der Waals surface area (Å²) in [5.74, 6) is 0.786. The van der Waals surface area contributed by atoms with Crippen LogP contribution in [-0.2, 0) is 0 Å². The number of methoxy groups -OCH3 is 1. The number of hydrogen-bond acceptors (Lipinski definition) is 3. The fraction of sp³-hybridized carbons (Fsp3) is 0.214. The Morgan fingerprint density at radius 1 is 0.882 bits per heavy atom. The SMILES string of the molecule is COc1cccc(-c2ccc(C(=O)N3CCN(C(=O)c4ccc5cc[nH]c5c4)C[C@H]3C)cc2)c1. The van der Waals surface area contributed by atoms with Crippen LogP contribution >= 0.6 is 0 Å². The average Bonchev–Trinajstić information content (AvgIpc) is 3.36. The zero-order valence-electron chi connectivity index (χ0n) is 19.3. The molecule has 34 heavy (non-hydrogen) atoms. The van der Waals surface area contributed by atoms with E-state index in [2.05, 4.69) is 4.98 Å². The van der Waals surface area contributed by atoms with Crippen LogP contribution in [0.5, 0.6) is 5.75 Å².